The Labute approximate surface area is 123 Å². The summed E-state index contributed by atoms with van der Waals surface area (Å²) in [6.45, 7) is 1.47. The van der Waals surface area contributed by atoms with E-state index in [1.54, 1.807) is 6.07 Å². The summed E-state index contributed by atoms with van der Waals surface area (Å²) in [5.41, 5.74) is 2.03. The first-order chi connectivity index (χ1) is 10.2. The van der Waals surface area contributed by atoms with Gasteiger partial charge in [0, 0.05) is 6.54 Å². The van der Waals surface area contributed by atoms with Crippen LogP contribution < -0.4 is 10.6 Å². The molecule has 3 atom stereocenters. The molecule has 0 radical (unpaired) electrons. The van der Waals surface area contributed by atoms with Gasteiger partial charge in [0.2, 0.25) is 5.91 Å². The molecule has 112 valence electrons. The van der Waals surface area contributed by atoms with Crippen molar-refractivity contribution in [1.82, 2.24) is 5.32 Å². The Hall–Kier alpha value is -1.46. The van der Waals surface area contributed by atoms with Crippen LogP contribution in [0.4, 0.5) is 10.1 Å². The van der Waals surface area contributed by atoms with Crippen LogP contribution in [0, 0.1) is 11.7 Å². The standard InChI is InChI=1S/C16H19FN2O2/c17-15-11-5-6-18-8-9(11)1-3-13(15)19-16(20)12-7-10-2-4-14(12)21-10/h1,3,10,12,14,18H,2,4-8H2,(H,19,20)/t10-,12+,14-/m1/s1. The van der Waals surface area contributed by atoms with Crippen LogP contribution in [0.3, 0.4) is 0 Å². The van der Waals surface area contributed by atoms with E-state index in [0.29, 0.717) is 18.7 Å². The van der Waals surface area contributed by atoms with E-state index in [0.717, 1.165) is 36.9 Å². The molecule has 2 bridgehead atoms. The second-order valence-electron chi connectivity index (χ2n) is 6.20. The number of ether oxygens (including phenoxy) is 1. The zero-order valence-electron chi connectivity index (χ0n) is 11.8. The van der Waals surface area contributed by atoms with Crippen molar-refractivity contribution in [3.8, 4) is 0 Å². The van der Waals surface area contributed by atoms with E-state index >= 15 is 0 Å². The molecule has 3 aliphatic heterocycles. The van der Waals surface area contributed by atoms with E-state index in [9.17, 15) is 9.18 Å². The lowest BCUT2D eigenvalue weighted by atomic mass is 9.88. The van der Waals surface area contributed by atoms with Gasteiger partial charge in [0.25, 0.3) is 0 Å². The fourth-order valence-corrected chi connectivity index (χ4v) is 3.77. The Morgan fingerprint density at radius 1 is 1.38 bits per heavy atom. The highest BCUT2D eigenvalue weighted by atomic mass is 19.1. The monoisotopic (exact) mass is 290 g/mol. The molecule has 0 aromatic heterocycles. The number of fused-ring (bicyclic) bond motifs is 3. The minimum Gasteiger partial charge on any atom is -0.374 e. The minimum atomic E-state index is -0.272. The molecule has 1 amide bonds. The zero-order chi connectivity index (χ0) is 14.4. The summed E-state index contributed by atoms with van der Waals surface area (Å²) in [4.78, 5) is 12.4. The number of rotatable bonds is 2. The molecular formula is C16H19FN2O2. The average Bonchev–Trinajstić information content (AvgIpc) is 3.13. The molecule has 0 unspecified atom stereocenters. The molecule has 0 spiro atoms. The van der Waals surface area contributed by atoms with E-state index in [-0.39, 0.29) is 29.9 Å². The summed E-state index contributed by atoms with van der Waals surface area (Å²) in [5.74, 6) is -0.498. The third kappa shape index (κ3) is 2.24. The van der Waals surface area contributed by atoms with Crippen LogP contribution in [-0.4, -0.2) is 24.7 Å². The minimum absolute atomic E-state index is 0.0277. The predicted octanol–water partition coefficient (Wildman–Crippen LogP) is 1.98. The number of carbonyl (C=O) groups excluding carboxylic acids is 1. The largest absolute Gasteiger partial charge is 0.374 e. The number of anilines is 1. The first-order valence-electron chi connectivity index (χ1n) is 7.69. The maximum atomic E-state index is 14.5. The van der Waals surface area contributed by atoms with E-state index in [1.807, 2.05) is 6.07 Å². The van der Waals surface area contributed by atoms with Crippen molar-refractivity contribution in [3.63, 3.8) is 0 Å². The van der Waals surface area contributed by atoms with Crippen molar-refractivity contribution in [2.75, 3.05) is 11.9 Å². The molecule has 2 saturated heterocycles. The van der Waals surface area contributed by atoms with Crippen molar-refractivity contribution in [1.29, 1.82) is 0 Å². The van der Waals surface area contributed by atoms with Gasteiger partial charge >= 0.3 is 0 Å². The van der Waals surface area contributed by atoms with Gasteiger partial charge in [-0.2, -0.15) is 0 Å². The number of hydrogen-bond donors (Lipinski definition) is 2. The van der Waals surface area contributed by atoms with Crippen LogP contribution in [-0.2, 0) is 22.5 Å². The van der Waals surface area contributed by atoms with Crippen molar-refractivity contribution < 1.29 is 13.9 Å². The molecule has 5 heteroatoms. The summed E-state index contributed by atoms with van der Waals surface area (Å²) in [5, 5.41) is 5.99. The van der Waals surface area contributed by atoms with Crippen molar-refractivity contribution >= 4 is 11.6 Å². The molecule has 0 saturated carbocycles. The lowest BCUT2D eigenvalue weighted by Gasteiger charge is -2.21. The highest BCUT2D eigenvalue weighted by molar-refractivity contribution is 5.93. The topological polar surface area (TPSA) is 50.4 Å². The molecule has 21 heavy (non-hydrogen) atoms. The van der Waals surface area contributed by atoms with E-state index in [2.05, 4.69) is 10.6 Å². The summed E-state index contributed by atoms with van der Waals surface area (Å²) < 4.78 is 20.2. The maximum absolute atomic E-state index is 14.5. The number of amides is 1. The van der Waals surface area contributed by atoms with Gasteiger partial charge in [0.15, 0.2) is 0 Å². The Kier molecular flexibility index (Phi) is 3.19. The first kappa shape index (κ1) is 13.2. The van der Waals surface area contributed by atoms with Crippen LogP contribution in [0.15, 0.2) is 12.1 Å². The number of nitrogens with one attached hydrogen (secondary N) is 2. The Morgan fingerprint density at radius 3 is 3.05 bits per heavy atom. The molecule has 4 rings (SSSR count). The highest BCUT2D eigenvalue weighted by Gasteiger charge is 2.44. The summed E-state index contributed by atoms with van der Waals surface area (Å²) >= 11 is 0. The molecule has 4 nitrogen and oxygen atoms in total. The van der Waals surface area contributed by atoms with Crippen LogP contribution in [0.1, 0.15) is 30.4 Å². The van der Waals surface area contributed by atoms with Gasteiger partial charge in [-0.15, -0.1) is 0 Å². The number of benzene rings is 1. The molecule has 1 aromatic carbocycles. The van der Waals surface area contributed by atoms with E-state index in [1.165, 1.54) is 0 Å². The molecular weight excluding hydrogens is 271 g/mol. The van der Waals surface area contributed by atoms with Gasteiger partial charge in [-0.25, -0.2) is 4.39 Å². The predicted molar refractivity (Wildman–Crippen MR) is 76.4 cm³/mol. The normalized spacial score (nSPS) is 30.2. The third-order valence-corrected chi connectivity index (χ3v) is 4.91. The number of hydrogen-bond acceptors (Lipinski definition) is 3. The molecule has 1 aromatic rings. The summed E-state index contributed by atoms with van der Waals surface area (Å²) in [7, 11) is 0. The molecule has 3 aliphatic rings. The third-order valence-electron chi connectivity index (χ3n) is 4.91. The van der Waals surface area contributed by atoms with Gasteiger partial charge in [0.05, 0.1) is 23.8 Å². The quantitative estimate of drug-likeness (QED) is 0.875. The lowest BCUT2D eigenvalue weighted by molar-refractivity contribution is -0.121. The number of halogens is 1. The van der Waals surface area contributed by atoms with Gasteiger partial charge < -0.3 is 15.4 Å². The van der Waals surface area contributed by atoms with E-state index in [4.69, 9.17) is 4.74 Å². The van der Waals surface area contributed by atoms with Crippen LogP contribution >= 0.6 is 0 Å². The second-order valence-corrected chi connectivity index (χ2v) is 6.20. The van der Waals surface area contributed by atoms with Gasteiger partial charge in [-0.05, 0) is 49.4 Å². The first-order valence-corrected chi connectivity index (χ1v) is 7.69. The Morgan fingerprint density at radius 2 is 2.29 bits per heavy atom. The Bertz CT molecular complexity index is 590. The molecule has 2 fully saturated rings. The number of carbonyl (C=O) groups is 1. The van der Waals surface area contributed by atoms with Crippen LogP contribution in [0.5, 0.6) is 0 Å². The SMILES string of the molecule is O=C(Nc1ccc2c(c1F)CCNC2)[C@H]1C[C@H]2CC[C@H]1O2. The smallest absolute Gasteiger partial charge is 0.230 e. The van der Waals surface area contributed by atoms with Crippen molar-refractivity contribution in [3.05, 3.63) is 29.1 Å². The second kappa shape index (κ2) is 5.07. The van der Waals surface area contributed by atoms with Gasteiger partial charge in [0.1, 0.15) is 5.82 Å². The van der Waals surface area contributed by atoms with E-state index < -0.39 is 0 Å². The molecule has 2 N–H and O–H groups in total. The van der Waals surface area contributed by atoms with Gasteiger partial charge in [-0.3, -0.25) is 4.79 Å². The van der Waals surface area contributed by atoms with Crippen LogP contribution in [0.25, 0.3) is 0 Å². The molecule has 3 heterocycles. The van der Waals surface area contributed by atoms with Crippen LogP contribution in [0.2, 0.25) is 0 Å². The summed E-state index contributed by atoms with van der Waals surface area (Å²) in [6, 6.07) is 3.57. The van der Waals surface area contributed by atoms with Crippen molar-refractivity contribution in [2.24, 2.45) is 5.92 Å². The van der Waals surface area contributed by atoms with Gasteiger partial charge in [-0.1, -0.05) is 6.07 Å². The fourth-order valence-electron chi connectivity index (χ4n) is 3.77. The summed E-state index contributed by atoms with van der Waals surface area (Å²) in [6.07, 6.45) is 3.69. The van der Waals surface area contributed by atoms with Crippen molar-refractivity contribution in [2.45, 2.75) is 44.4 Å². The lowest BCUT2D eigenvalue weighted by Crippen LogP contribution is -2.31. The maximum Gasteiger partial charge on any atom is 0.230 e. The fraction of sp³-hybridized carbons (Fsp3) is 0.562. The Balaban J connectivity index is 1.53. The molecule has 0 aliphatic carbocycles. The average molecular weight is 290 g/mol. The zero-order valence-corrected chi connectivity index (χ0v) is 11.8. The highest BCUT2D eigenvalue weighted by Crippen LogP contribution is 2.39.